The van der Waals surface area contributed by atoms with Gasteiger partial charge in [0.15, 0.2) is 12.4 Å². The number of benzene rings is 1. The number of carbonyl (C=O) groups excluding carboxylic acids is 2. The van der Waals surface area contributed by atoms with Gasteiger partial charge in [0, 0.05) is 11.6 Å². The first kappa shape index (κ1) is 16.1. The third-order valence-electron chi connectivity index (χ3n) is 2.66. The summed E-state index contributed by atoms with van der Waals surface area (Å²) in [6.45, 7) is 0.188. The molecule has 0 bridgehead atoms. The lowest BCUT2D eigenvalue weighted by Crippen LogP contribution is -2.17. The highest BCUT2D eigenvalue weighted by atomic mass is 16.6. The molecule has 0 radical (unpaired) electrons. The predicted molar refractivity (Wildman–Crippen MR) is 77.3 cm³/mol. The Hall–Kier alpha value is -3.23. The van der Waals surface area contributed by atoms with E-state index in [-0.39, 0.29) is 19.8 Å². The molecule has 0 aliphatic rings. The largest absolute Gasteiger partial charge is 0.490 e. The molecule has 9 nitrogen and oxygen atoms in total. The van der Waals surface area contributed by atoms with E-state index in [2.05, 4.69) is 14.6 Å². The highest BCUT2D eigenvalue weighted by molar-refractivity contribution is 5.65. The average Bonchev–Trinajstić information content (AvgIpc) is 2.99. The first-order chi connectivity index (χ1) is 11.0. The Kier molecular flexibility index (Phi) is 5.40. The molecule has 4 N–H and O–H groups in total. The van der Waals surface area contributed by atoms with Crippen LogP contribution in [0, 0.1) is 0 Å². The molecule has 122 valence electrons. The lowest BCUT2D eigenvalue weighted by atomic mass is 10.1. The predicted octanol–water partition coefficient (Wildman–Crippen LogP) is 1.41. The van der Waals surface area contributed by atoms with Gasteiger partial charge in [-0.15, -0.1) is 0 Å². The number of nitrogens with two attached hydrogens (primary N) is 2. The van der Waals surface area contributed by atoms with Crippen LogP contribution in [0.4, 0.5) is 9.59 Å². The average molecular weight is 321 g/mol. The fourth-order valence-electron chi connectivity index (χ4n) is 1.68. The first-order valence-electron chi connectivity index (χ1n) is 6.58. The van der Waals surface area contributed by atoms with Crippen molar-refractivity contribution in [1.29, 1.82) is 0 Å². The van der Waals surface area contributed by atoms with Crippen molar-refractivity contribution in [3.63, 3.8) is 0 Å². The number of carbonyl (C=O) groups is 2. The minimum Gasteiger partial charge on any atom is -0.490 e. The molecule has 2 amide bonds. The Morgan fingerprint density at radius 3 is 2.39 bits per heavy atom. The van der Waals surface area contributed by atoms with Crippen molar-refractivity contribution in [2.24, 2.45) is 11.5 Å². The molecule has 0 atom stereocenters. The fraction of sp³-hybridized carbons (Fsp3) is 0.214. The Bertz CT molecular complexity index is 667. The minimum absolute atomic E-state index is 0.0730. The molecule has 2 aromatic rings. The topological polar surface area (TPSA) is 140 Å². The number of primary amides is 2. The molecule has 1 heterocycles. The van der Waals surface area contributed by atoms with Crippen molar-refractivity contribution in [3.05, 3.63) is 36.1 Å². The molecule has 0 saturated heterocycles. The van der Waals surface area contributed by atoms with Crippen LogP contribution in [0.2, 0.25) is 0 Å². The van der Waals surface area contributed by atoms with Crippen molar-refractivity contribution in [1.82, 2.24) is 5.16 Å². The summed E-state index contributed by atoms with van der Waals surface area (Å²) in [6.07, 6.45) is -1.73. The summed E-state index contributed by atoms with van der Waals surface area (Å²) in [5.74, 6) is 0.977. The van der Waals surface area contributed by atoms with Gasteiger partial charge in [0.1, 0.15) is 24.7 Å². The second kappa shape index (κ2) is 7.69. The van der Waals surface area contributed by atoms with Gasteiger partial charge in [-0.3, -0.25) is 0 Å². The van der Waals surface area contributed by atoms with Crippen LogP contribution in [-0.4, -0.2) is 30.6 Å². The van der Waals surface area contributed by atoms with Crippen LogP contribution >= 0.6 is 0 Å². The maximum Gasteiger partial charge on any atom is 0.404 e. The van der Waals surface area contributed by atoms with Crippen LogP contribution < -0.4 is 16.2 Å². The van der Waals surface area contributed by atoms with Gasteiger partial charge in [-0.2, -0.15) is 0 Å². The summed E-state index contributed by atoms with van der Waals surface area (Å²) in [4.78, 5) is 20.9. The summed E-state index contributed by atoms with van der Waals surface area (Å²) in [5.41, 5.74) is 11.1. The molecule has 0 saturated carbocycles. The van der Waals surface area contributed by atoms with Crippen LogP contribution in [-0.2, 0) is 16.1 Å². The van der Waals surface area contributed by atoms with E-state index >= 15 is 0 Å². The third kappa shape index (κ3) is 5.23. The Balaban J connectivity index is 1.89. The zero-order chi connectivity index (χ0) is 16.7. The number of ether oxygens (including phenoxy) is 3. The van der Waals surface area contributed by atoms with Crippen molar-refractivity contribution < 1.29 is 28.3 Å². The van der Waals surface area contributed by atoms with Crippen molar-refractivity contribution >= 4 is 12.2 Å². The molecule has 0 fully saturated rings. The van der Waals surface area contributed by atoms with Gasteiger partial charge < -0.3 is 30.2 Å². The van der Waals surface area contributed by atoms with Crippen LogP contribution in [0.3, 0.4) is 0 Å². The van der Waals surface area contributed by atoms with Crippen molar-refractivity contribution in [2.75, 3.05) is 13.2 Å². The SMILES string of the molecule is NC(=O)OCCOc1ccc(-c2cc(COC(N)=O)on2)cc1. The molecule has 1 aromatic carbocycles. The van der Waals surface area contributed by atoms with E-state index in [1.54, 1.807) is 30.3 Å². The molecular weight excluding hydrogens is 306 g/mol. The van der Waals surface area contributed by atoms with E-state index in [9.17, 15) is 9.59 Å². The van der Waals surface area contributed by atoms with Gasteiger partial charge in [0.25, 0.3) is 0 Å². The fourth-order valence-corrected chi connectivity index (χ4v) is 1.68. The van der Waals surface area contributed by atoms with Gasteiger partial charge in [-0.25, -0.2) is 9.59 Å². The van der Waals surface area contributed by atoms with Crippen LogP contribution in [0.5, 0.6) is 5.75 Å². The third-order valence-corrected chi connectivity index (χ3v) is 2.66. The van der Waals surface area contributed by atoms with Crippen LogP contribution in [0.15, 0.2) is 34.9 Å². The van der Waals surface area contributed by atoms with Crippen LogP contribution in [0.1, 0.15) is 5.76 Å². The number of rotatable bonds is 7. The zero-order valence-electron chi connectivity index (χ0n) is 12.1. The van der Waals surface area contributed by atoms with Crippen LogP contribution in [0.25, 0.3) is 11.3 Å². The molecule has 9 heteroatoms. The number of nitrogens with zero attached hydrogens (tertiary/aromatic N) is 1. The minimum atomic E-state index is -0.884. The Morgan fingerprint density at radius 1 is 1.04 bits per heavy atom. The second-order valence-electron chi connectivity index (χ2n) is 4.33. The molecule has 23 heavy (non-hydrogen) atoms. The van der Waals surface area contributed by atoms with E-state index in [1.807, 2.05) is 0 Å². The van der Waals surface area contributed by atoms with Gasteiger partial charge >= 0.3 is 12.2 Å². The second-order valence-corrected chi connectivity index (χ2v) is 4.33. The summed E-state index contributed by atoms with van der Waals surface area (Å²) in [6, 6.07) is 8.66. The molecule has 0 aliphatic carbocycles. The van der Waals surface area contributed by atoms with E-state index in [4.69, 9.17) is 20.7 Å². The molecular formula is C14H15N3O6. The Morgan fingerprint density at radius 2 is 1.74 bits per heavy atom. The van der Waals surface area contributed by atoms with Gasteiger partial charge in [0.2, 0.25) is 0 Å². The highest BCUT2D eigenvalue weighted by Gasteiger charge is 2.08. The summed E-state index contributed by atoms with van der Waals surface area (Å²) >= 11 is 0. The van der Waals surface area contributed by atoms with E-state index in [0.717, 1.165) is 5.56 Å². The Labute approximate surface area is 131 Å². The summed E-state index contributed by atoms with van der Waals surface area (Å²) in [5, 5.41) is 3.87. The first-order valence-corrected chi connectivity index (χ1v) is 6.58. The van der Waals surface area contributed by atoms with Gasteiger partial charge in [-0.1, -0.05) is 5.16 Å². The molecule has 1 aromatic heterocycles. The number of hydrogen-bond donors (Lipinski definition) is 2. The standard InChI is InChI=1S/C14H15N3O6/c15-13(18)21-6-5-20-10-3-1-9(2-4-10)12-7-11(23-17-12)8-22-14(16)19/h1-4,7H,5-6,8H2,(H2,15,18)(H2,16,19). The maximum absolute atomic E-state index is 10.5. The van der Waals surface area contributed by atoms with E-state index in [1.165, 1.54) is 0 Å². The summed E-state index contributed by atoms with van der Waals surface area (Å²) in [7, 11) is 0. The molecule has 0 spiro atoms. The molecule has 2 rings (SSSR count). The smallest absolute Gasteiger partial charge is 0.404 e. The lowest BCUT2D eigenvalue weighted by Gasteiger charge is -2.06. The molecule has 0 unspecified atom stereocenters. The number of amides is 2. The van der Waals surface area contributed by atoms with Gasteiger partial charge in [0.05, 0.1) is 0 Å². The van der Waals surface area contributed by atoms with E-state index < -0.39 is 12.2 Å². The normalized spacial score (nSPS) is 10.1. The number of hydrogen-bond acceptors (Lipinski definition) is 7. The quantitative estimate of drug-likeness (QED) is 0.734. The van der Waals surface area contributed by atoms with Crippen molar-refractivity contribution in [3.8, 4) is 17.0 Å². The van der Waals surface area contributed by atoms with Gasteiger partial charge in [-0.05, 0) is 24.3 Å². The van der Waals surface area contributed by atoms with Crippen molar-refractivity contribution in [2.45, 2.75) is 6.61 Å². The highest BCUT2D eigenvalue weighted by Crippen LogP contribution is 2.22. The number of aromatic nitrogens is 1. The molecule has 0 aliphatic heterocycles. The summed E-state index contributed by atoms with van der Waals surface area (Å²) < 4.78 is 19.6. The lowest BCUT2D eigenvalue weighted by molar-refractivity contribution is 0.133. The zero-order valence-corrected chi connectivity index (χ0v) is 12.1. The maximum atomic E-state index is 10.5. The van der Waals surface area contributed by atoms with E-state index in [0.29, 0.717) is 17.2 Å². The monoisotopic (exact) mass is 321 g/mol.